The normalized spacial score (nSPS) is 11.8. The molecule has 0 aliphatic carbocycles. The van der Waals surface area contributed by atoms with Crippen molar-refractivity contribution >= 4 is 17.7 Å². The molecule has 0 aliphatic heterocycles. The van der Waals surface area contributed by atoms with E-state index in [-0.39, 0.29) is 18.2 Å². The fraction of sp³-hybridized carbons (Fsp3) is 0.125. The molecule has 0 spiro atoms. The number of aliphatic hydroxyl groups excluding tert-OH is 1. The summed E-state index contributed by atoms with van der Waals surface area (Å²) < 4.78 is 16.2. The molecule has 0 radical (unpaired) electrons. The van der Waals surface area contributed by atoms with Crippen molar-refractivity contribution in [2.45, 2.75) is 11.3 Å². The van der Waals surface area contributed by atoms with E-state index in [9.17, 15) is 14.3 Å². The van der Waals surface area contributed by atoms with Crippen LogP contribution in [0.1, 0.15) is 11.7 Å². The molecule has 1 unspecified atom stereocenters. The van der Waals surface area contributed by atoms with E-state index in [0.29, 0.717) is 16.5 Å². The smallest absolute Gasteiger partial charge is 0.230 e. The molecule has 0 saturated carbocycles. The highest BCUT2D eigenvalue weighted by Gasteiger charge is 2.19. The quantitative estimate of drug-likeness (QED) is 0.398. The zero-order chi connectivity index (χ0) is 22.3. The molecule has 0 bridgehead atoms. The first-order valence-corrected chi connectivity index (χ1v) is 11.0. The number of nitrogens with one attached hydrogen (secondary N) is 1. The third-order valence-electron chi connectivity index (χ3n) is 4.77. The fourth-order valence-electron chi connectivity index (χ4n) is 3.17. The Balaban J connectivity index is 1.49. The zero-order valence-corrected chi connectivity index (χ0v) is 17.9. The molecule has 0 aliphatic rings. The Hall–Kier alpha value is -3.49. The first-order valence-electron chi connectivity index (χ1n) is 10.0. The summed E-state index contributed by atoms with van der Waals surface area (Å²) in [4.78, 5) is 12.4. The summed E-state index contributed by atoms with van der Waals surface area (Å²) in [5, 5.41) is 21.8. The monoisotopic (exact) mass is 448 g/mol. The van der Waals surface area contributed by atoms with Crippen molar-refractivity contribution in [3.05, 3.63) is 96.3 Å². The number of carbonyl (C=O) groups excluding carboxylic acids is 1. The summed E-state index contributed by atoms with van der Waals surface area (Å²) in [6.45, 7) is 0.106. The van der Waals surface area contributed by atoms with E-state index in [1.165, 1.54) is 17.8 Å². The van der Waals surface area contributed by atoms with E-state index < -0.39 is 11.9 Å². The molecule has 32 heavy (non-hydrogen) atoms. The first-order chi connectivity index (χ1) is 15.6. The van der Waals surface area contributed by atoms with Crippen molar-refractivity contribution in [3.63, 3.8) is 0 Å². The number of carbonyl (C=O) groups is 1. The summed E-state index contributed by atoms with van der Waals surface area (Å²) in [7, 11) is 0. The summed E-state index contributed by atoms with van der Waals surface area (Å²) in [6, 6.07) is 24.9. The van der Waals surface area contributed by atoms with E-state index in [1.807, 2.05) is 48.5 Å². The second-order valence-corrected chi connectivity index (χ2v) is 7.92. The maximum absolute atomic E-state index is 14.4. The van der Waals surface area contributed by atoms with Crippen LogP contribution in [-0.4, -0.2) is 38.1 Å². The molecule has 2 N–H and O–H groups in total. The Labute approximate surface area is 189 Å². The van der Waals surface area contributed by atoms with Crippen LogP contribution in [-0.2, 0) is 4.79 Å². The average Bonchev–Trinajstić information content (AvgIpc) is 3.26. The minimum absolute atomic E-state index is 0.0732. The van der Waals surface area contributed by atoms with Gasteiger partial charge in [0.15, 0.2) is 11.0 Å². The predicted octanol–water partition coefficient (Wildman–Crippen LogP) is 4.02. The van der Waals surface area contributed by atoms with E-state index >= 15 is 0 Å². The lowest BCUT2D eigenvalue weighted by molar-refractivity contribution is -0.119. The molecule has 162 valence electrons. The van der Waals surface area contributed by atoms with E-state index in [4.69, 9.17) is 0 Å². The van der Waals surface area contributed by atoms with Crippen LogP contribution in [0.25, 0.3) is 17.1 Å². The van der Waals surface area contributed by atoms with Crippen LogP contribution in [0.15, 0.2) is 90.1 Å². The highest BCUT2D eigenvalue weighted by molar-refractivity contribution is 7.99. The van der Waals surface area contributed by atoms with Crippen LogP contribution >= 0.6 is 11.8 Å². The number of nitrogens with zero attached hydrogens (tertiary/aromatic N) is 3. The number of thioether (sulfide) groups is 1. The highest BCUT2D eigenvalue weighted by atomic mass is 32.2. The number of hydrogen-bond donors (Lipinski definition) is 2. The van der Waals surface area contributed by atoms with Gasteiger partial charge in [0.1, 0.15) is 5.82 Å². The summed E-state index contributed by atoms with van der Waals surface area (Å²) in [5.74, 6) is -0.220. The number of aromatic nitrogens is 3. The van der Waals surface area contributed by atoms with Crippen molar-refractivity contribution in [2.75, 3.05) is 12.3 Å². The van der Waals surface area contributed by atoms with Crippen molar-refractivity contribution < 1.29 is 14.3 Å². The van der Waals surface area contributed by atoms with Crippen LogP contribution in [0.3, 0.4) is 0 Å². The predicted molar refractivity (Wildman–Crippen MR) is 122 cm³/mol. The van der Waals surface area contributed by atoms with Gasteiger partial charge in [-0.25, -0.2) is 4.39 Å². The van der Waals surface area contributed by atoms with Crippen molar-refractivity contribution in [1.82, 2.24) is 20.1 Å². The first kappa shape index (κ1) is 21.7. The number of aliphatic hydroxyl groups is 1. The molecule has 1 atom stereocenters. The Morgan fingerprint density at radius 1 is 0.969 bits per heavy atom. The van der Waals surface area contributed by atoms with Crippen LogP contribution in [0.2, 0.25) is 0 Å². The fourth-order valence-corrected chi connectivity index (χ4v) is 3.96. The van der Waals surface area contributed by atoms with Gasteiger partial charge in [-0.2, -0.15) is 0 Å². The van der Waals surface area contributed by atoms with Gasteiger partial charge in [-0.05, 0) is 29.8 Å². The third-order valence-corrected chi connectivity index (χ3v) is 5.70. The zero-order valence-electron chi connectivity index (χ0n) is 17.1. The van der Waals surface area contributed by atoms with Crippen LogP contribution in [0.4, 0.5) is 4.39 Å². The van der Waals surface area contributed by atoms with Crippen molar-refractivity contribution in [2.24, 2.45) is 0 Å². The summed E-state index contributed by atoms with van der Waals surface area (Å²) in [5.41, 5.74) is 1.82. The van der Waals surface area contributed by atoms with E-state index in [2.05, 4.69) is 15.5 Å². The maximum Gasteiger partial charge on any atom is 0.230 e. The second-order valence-electron chi connectivity index (χ2n) is 6.98. The van der Waals surface area contributed by atoms with Crippen molar-refractivity contribution in [1.29, 1.82) is 0 Å². The van der Waals surface area contributed by atoms with E-state index in [1.54, 1.807) is 34.9 Å². The number of para-hydroxylation sites is 1. The number of rotatable bonds is 8. The van der Waals surface area contributed by atoms with Gasteiger partial charge in [0.25, 0.3) is 0 Å². The molecule has 1 heterocycles. The van der Waals surface area contributed by atoms with Gasteiger partial charge in [-0.3, -0.25) is 9.36 Å². The highest BCUT2D eigenvalue weighted by Crippen LogP contribution is 2.29. The Morgan fingerprint density at radius 2 is 1.62 bits per heavy atom. The Kier molecular flexibility index (Phi) is 6.94. The lowest BCUT2D eigenvalue weighted by Crippen LogP contribution is -2.29. The molecule has 0 saturated heterocycles. The second kappa shape index (κ2) is 10.2. The third kappa shape index (κ3) is 5.04. The van der Waals surface area contributed by atoms with E-state index in [0.717, 1.165) is 11.3 Å². The molecule has 1 amide bonds. The molecule has 4 aromatic rings. The van der Waals surface area contributed by atoms with Gasteiger partial charge < -0.3 is 10.4 Å². The SMILES string of the molecule is O=C(CSc1nnc(-c2ccccc2F)n1-c1ccccc1)NCC(O)c1ccccc1. The van der Waals surface area contributed by atoms with Crippen LogP contribution < -0.4 is 5.32 Å². The number of hydrogen-bond acceptors (Lipinski definition) is 5. The van der Waals surface area contributed by atoms with Gasteiger partial charge in [0.2, 0.25) is 5.91 Å². The molecule has 4 rings (SSSR count). The van der Waals surface area contributed by atoms with Gasteiger partial charge in [0.05, 0.1) is 17.4 Å². The molecular weight excluding hydrogens is 427 g/mol. The number of benzene rings is 3. The number of halogens is 1. The largest absolute Gasteiger partial charge is 0.387 e. The van der Waals surface area contributed by atoms with Gasteiger partial charge in [-0.15, -0.1) is 10.2 Å². The van der Waals surface area contributed by atoms with Crippen molar-refractivity contribution in [3.8, 4) is 17.1 Å². The van der Waals surface area contributed by atoms with Crippen LogP contribution in [0, 0.1) is 5.82 Å². The lowest BCUT2D eigenvalue weighted by Gasteiger charge is -2.13. The maximum atomic E-state index is 14.4. The molecular formula is C24H21FN4O2S. The molecule has 8 heteroatoms. The minimum atomic E-state index is -0.786. The molecule has 6 nitrogen and oxygen atoms in total. The average molecular weight is 449 g/mol. The summed E-state index contributed by atoms with van der Waals surface area (Å²) >= 11 is 1.19. The van der Waals surface area contributed by atoms with Gasteiger partial charge >= 0.3 is 0 Å². The van der Waals surface area contributed by atoms with Gasteiger partial charge in [0, 0.05) is 12.2 Å². The topological polar surface area (TPSA) is 80.0 Å². The number of amides is 1. The van der Waals surface area contributed by atoms with Crippen LogP contribution in [0.5, 0.6) is 0 Å². The Bertz CT molecular complexity index is 1190. The minimum Gasteiger partial charge on any atom is -0.387 e. The summed E-state index contributed by atoms with van der Waals surface area (Å²) in [6.07, 6.45) is -0.786. The molecule has 0 fully saturated rings. The molecule has 1 aromatic heterocycles. The van der Waals surface area contributed by atoms with Gasteiger partial charge in [-0.1, -0.05) is 72.4 Å². The molecule has 3 aromatic carbocycles. The standard InChI is InChI=1S/C24H21FN4O2S/c25-20-14-8-7-13-19(20)23-27-28-24(29(23)18-11-5-2-6-12-18)32-16-22(31)26-15-21(30)17-9-3-1-4-10-17/h1-14,21,30H,15-16H2,(H,26,31). The Morgan fingerprint density at radius 3 is 2.34 bits per heavy atom. The lowest BCUT2D eigenvalue weighted by atomic mass is 10.1.